The Morgan fingerprint density at radius 1 is 1.71 bits per heavy atom. The Hall–Kier alpha value is -0.170. The second kappa shape index (κ2) is 2.22. The van der Waals surface area contributed by atoms with Gasteiger partial charge in [-0.1, -0.05) is 18.2 Å². The van der Waals surface area contributed by atoms with Crippen LogP contribution in [0.3, 0.4) is 0 Å². The molecule has 0 unspecified atom stereocenters. The van der Waals surface area contributed by atoms with Crippen LogP contribution >= 0.6 is 11.8 Å². The van der Waals surface area contributed by atoms with Crippen molar-refractivity contribution in [2.45, 2.75) is 6.42 Å². The van der Waals surface area contributed by atoms with Gasteiger partial charge in [0.2, 0.25) is 0 Å². The molecule has 0 heterocycles. The van der Waals surface area contributed by atoms with E-state index in [0.717, 1.165) is 6.42 Å². The molecule has 0 aromatic rings. The molecule has 0 aliphatic heterocycles. The molecule has 0 atom stereocenters. The van der Waals surface area contributed by atoms with Crippen molar-refractivity contribution in [1.29, 1.82) is 0 Å². The average Bonchev–Trinajstić information content (AvgIpc) is 2.14. The molecular formula is C6H8S. The van der Waals surface area contributed by atoms with Crippen LogP contribution in [0.25, 0.3) is 0 Å². The van der Waals surface area contributed by atoms with Crippen LogP contribution in [0, 0.1) is 0 Å². The van der Waals surface area contributed by atoms with Gasteiger partial charge in [0.25, 0.3) is 0 Å². The van der Waals surface area contributed by atoms with Gasteiger partial charge in [-0.15, -0.1) is 11.8 Å². The topological polar surface area (TPSA) is 0 Å². The second-order valence-corrected chi connectivity index (χ2v) is 2.33. The Labute approximate surface area is 48.3 Å². The van der Waals surface area contributed by atoms with Crippen molar-refractivity contribution in [3.63, 3.8) is 0 Å². The molecule has 0 radical (unpaired) electrons. The summed E-state index contributed by atoms with van der Waals surface area (Å²) in [5.74, 6) is 0. The third-order valence-electron chi connectivity index (χ3n) is 0.973. The SMILES string of the molecule is CSC1=CCC=C1. The number of allylic oxidation sites excluding steroid dienone is 3. The molecule has 1 aliphatic rings. The fourth-order valence-electron chi connectivity index (χ4n) is 0.588. The maximum atomic E-state index is 2.23. The van der Waals surface area contributed by atoms with Gasteiger partial charge in [-0.05, 0) is 12.7 Å². The number of thioether (sulfide) groups is 1. The lowest BCUT2D eigenvalue weighted by Gasteiger charge is -1.84. The fourth-order valence-corrected chi connectivity index (χ4v) is 1.08. The van der Waals surface area contributed by atoms with E-state index < -0.39 is 0 Å². The van der Waals surface area contributed by atoms with Gasteiger partial charge in [-0.3, -0.25) is 0 Å². The highest BCUT2D eigenvalue weighted by Crippen LogP contribution is 2.18. The predicted octanol–water partition coefficient (Wildman–Crippen LogP) is 2.19. The van der Waals surface area contributed by atoms with Crippen LogP contribution in [0.1, 0.15) is 6.42 Å². The van der Waals surface area contributed by atoms with Crippen molar-refractivity contribution in [2.75, 3.05) is 6.26 Å². The van der Waals surface area contributed by atoms with Crippen molar-refractivity contribution in [3.05, 3.63) is 23.1 Å². The summed E-state index contributed by atoms with van der Waals surface area (Å²) < 4.78 is 0. The Bertz CT molecular complexity index is 111. The first-order valence-electron chi connectivity index (χ1n) is 2.34. The van der Waals surface area contributed by atoms with Gasteiger partial charge in [-0.2, -0.15) is 0 Å². The van der Waals surface area contributed by atoms with E-state index in [9.17, 15) is 0 Å². The second-order valence-electron chi connectivity index (χ2n) is 1.45. The molecule has 0 aromatic heterocycles. The quantitative estimate of drug-likeness (QED) is 0.501. The molecule has 1 aliphatic carbocycles. The minimum atomic E-state index is 1.14. The lowest BCUT2D eigenvalue weighted by Crippen LogP contribution is -1.56. The van der Waals surface area contributed by atoms with Gasteiger partial charge in [0, 0.05) is 4.91 Å². The van der Waals surface area contributed by atoms with Crippen LogP contribution < -0.4 is 0 Å². The Morgan fingerprint density at radius 2 is 2.57 bits per heavy atom. The van der Waals surface area contributed by atoms with Gasteiger partial charge in [0.1, 0.15) is 0 Å². The van der Waals surface area contributed by atoms with E-state index in [2.05, 4.69) is 24.5 Å². The van der Waals surface area contributed by atoms with Crippen LogP contribution in [-0.2, 0) is 0 Å². The Balaban J connectivity index is 2.52. The fraction of sp³-hybridized carbons (Fsp3) is 0.333. The third kappa shape index (κ3) is 1.10. The monoisotopic (exact) mass is 112 g/mol. The zero-order valence-corrected chi connectivity index (χ0v) is 5.16. The molecule has 1 heteroatoms. The largest absolute Gasteiger partial charge is 0.130 e. The lowest BCUT2D eigenvalue weighted by atomic mass is 10.5. The molecule has 7 heavy (non-hydrogen) atoms. The third-order valence-corrected chi connectivity index (χ3v) is 1.75. The van der Waals surface area contributed by atoms with Crippen molar-refractivity contribution < 1.29 is 0 Å². The summed E-state index contributed by atoms with van der Waals surface area (Å²) in [6, 6.07) is 0. The highest BCUT2D eigenvalue weighted by Gasteiger charge is 1.90. The zero-order valence-electron chi connectivity index (χ0n) is 4.35. The van der Waals surface area contributed by atoms with Gasteiger partial charge < -0.3 is 0 Å². The first kappa shape index (κ1) is 4.98. The van der Waals surface area contributed by atoms with E-state index in [0.29, 0.717) is 0 Å². The van der Waals surface area contributed by atoms with Gasteiger partial charge in [-0.25, -0.2) is 0 Å². The minimum absolute atomic E-state index is 1.14. The van der Waals surface area contributed by atoms with Crippen molar-refractivity contribution >= 4 is 11.8 Å². The van der Waals surface area contributed by atoms with E-state index >= 15 is 0 Å². The lowest BCUT2D eigenvalue weighted by molar-refractivity contribution is 1.45. The summed E-state index contributed by atoms with van der Waals surface area (Å²) in [5.41, 5.74) is 0. The van der Waals surface area contributed by atoms with E-state index in [1.165, 1.54) is 4.91 Å². The summed E-state index contributed by atoms with van der Waals surface area (Å²) in [6.07, 6.45) is 9.79. The van der Waals surface area contributed by atoms with Gasteiger partial charge in [0.05, 0.1) is 0 Å². The standard InChI is InChI=1S/C6H8S/c1-7-6-4-2-3-5-6/h2,4-5H,3H2,1H3. The van der Waals surface area contributed by atoms with E-state index in [1.54, 1.807) is 11.8 Å². The molecule has 0 aromatic carbocycles. The van der Waals surface area contributed by atoms with Crippen LogP contribution in [0.5, 0.6) is 0 Å². The van der Waals surface area contributed by atoms with Crippen LogP contribution in [0.2, 0.25) is 0 Å². The molecule has 0 saturated carbocycles. The molecule has 1 rings (SSSR count). The van der Waals surface area contributed by atoms with E-state index in [4.69, 9.17) is 0 Å². The molecule has 0 saturated heterocycles. The van der Waals surface area contributed by atoms with Crippen LogP contribution in [0.4, 0.5) is 0 Å². The summed E-state index contributed by atoms with van der Waals surface area (Å²) in [6.45, 7) is 0. The molecule has 0 bridgehead atoms. The van der Waals surface area contributed by atoms with Crippen molar-refractivity contribution in [1.82, 2.24) is 0 Å². The summed E-state index contributed by atoms with van der Waals surface area (Å²) in [4.78, 5) is 1.40. The average molecular weight is 112 g/mol. The number of hydrogen-bond acceptors (Lipinski definition) is 1. The molecular weight excluding hydrogens is 104 g/mol. The maximum Gasteiger partial charge on any atom is 0.00292 e. The molecule has 38 valence electrons. The first-order valence-corrected chi connectivity index (χ1v) is 3.56. The van der Waals surface area contributed by atoms with Crippen molar-refractivity contribution in [2.24, 2.45) is 0 Å². The van der Waals surface area contributed by atoms with Crippen LogP contribution in [0.15, 0.2) is 23.1 Å². The highest BCUT2D eigenvalue weighted by atomic mass is 32.2. The predicted molar refractivity (Wildman–Crippen MR) is 35.4 cm³/mol. The molecule has 0 nitrogen and oxygen atoms in total. The molecule has 0 amide bonds. The van der Waals surface area contributed by atoms with E-state index in [1.807, 2.05) is 0 Å². The van der Waals surface area contributed by atoms with Gasteiger partial charge in [0.15, 0.2) is 0 Å². The number of hydrogen-bond donors (Lipinski definition) is 0. The normalized spacial score (nSPS) is 17.6. The molecule has 0 spiro atoms. The van der Waals surface area contributed by atoms with Gasteiger partial charge >= 0.3 is 0 Å². The Kier molecular flexibility index (Phi) is 1.58. The maximum absolute atomic E-state index is 2.23. The smallest absolute Gasteiger partial charge is 0.00292 e. The number of rotatable bonds is 1. The van der Waals surface area contributed by atoms with Crippen LogP contribution in [-0.4, -0.2) is 6.26 Å². The Morgan fingerprint density at radius 3 is 2.86 bits per heavy atom. The summed E-state index contributed by atoms with van der Waals surface area (Å²) in [7, 11) is 0. The zero-order chi connectivity index (χ0) is 5.11. The van der Waals surface area contributed by atoms with Crippen molar-refractivity contribution in [3.8, 4) is 0 Å². The summed E-state index contributed by atoms with van der Waals surface area (Å²) in [5, 5.41) is 0. The molecule has 0 fully saturated rings. The minimum Gasteiger partial charge on any atom is -0.130 e. The highest BCUT2D eigenvalue weighted by molar-refractivity contribution is 8.02. The first-order chi connectivity index (χ1) is 3.43. The summed E-state index contributed by atoms with van der Waals surface area (Å²) >= 11 is 1.81. The van der Waals surface area contributed by atoms with E-state index in [-0.39, 0.29) is 0 Å². The molecule has 0 N–H and O–H groups in total.